The van der Waals surface area contributed by atoms with Crippen LogP contribution in [-0.4, -0.2) is 65.1 Å². The second-order valence-electron chi connectivity index (χ2n) is 13.5. The lowest BCUT2D eigenvalue weighted by molar-refractivity contribution is -0.153. The third-order valence-corrected chi connectivity index (χ3v) is 12.1. The molecule has 4 saturated carbocycles. The van der Waals surface area contributed by atoms with Crippen molar-refractivity contribution < 1.29 is 9.90 Å². The summed E-state index contributed by atoms with van der Waals surface area (Å²) in [4.78, 5) is 19.0. The Morgan fingerprint density at radius 1 is 0.818 bits per heavy atom. The van der Waals surface area contributed by atoms with Crippen LogP contribution < -0.4 is 0 Å². The number of carbonyl (C=O) groups excluding carboxylic acids is 1. The van der Waals surface area contributed by atoms with Crippen LogP contribution in [-0.2, 0) is 4.79 Å². The molecule has 0 amide bonds. The number of hydrogen-bond donors (Lipinski definition) is 1. The van der Waals surface area contributed by atoms with Gasteiger partial charge in [-0.15, -0.1) is 0 Å². The maximum Gasteiger partial charge on any atom is 0.156 e. The van der Waals surface area contributed by atoms with Gasteiger partial charge in [0, 0.05) is 11.5 Å². The molecule has 0 radical (unpaired) electrons. The van der Waals surface area contributed by atoms with Crippen molar-refractivity contribution >= 4 is 5.78 Å². The number of fused-ring (bicyclic) bond motifs is 5. The van der Waals surface area contributed by atoms with Crippen LogP contribution in [0.2, 0.25) is 0 Å². The Morgan fingerprint density at radius 3 is 2.18 bits per heavy atom. The van der Waals surface area contributed by atoms with E-state index in [0.29, 0.717) is 29.1 Å². The highest BCUT2D eigenvalue weighted by Crippen LogP contribution is 2.66. The molecule has 0 bridgehead atoms. The summed E-state index contributed by atoms with van der Waals surface area (Å²) < 4.78 is 0. The third-order valence-electron chi connectivity index (χ3n) is 12.1. The number of aliphatic hydroxyl groups is 1. The molecule has 0 aromatic heterocycles. The number of rotatable bonds is 2. The molecule has 33 heavy (non-hydrogen) atoms. The normalized spacial score (nSPS) is 51.6. The molecule has 2 aliphatic heterocycles. The second-order valence-corrected chi connectivity index (χ2v) is 13.5. The molecule has 6 aliphatic rings. The van der Waals surface area contributed by atoms with Gasteiger partial charge >= 0.3 is 0 Å². The first kappa shape index (κ1) is 23.0. The van der Waals surface area contributed by atoms with E-state index in [1.165, 1.54) is 77.3 Å². The largest absolute Gasteiger partial charge is 0.391 e. The topological polar surface area (TPSA) is 43.8 Å². The third kappa shape index (κ3) is 3.59. The lowest BCUT2D eigenvalue weighted by Crippen LogP contribution is -2.60. The van der Waals surface area contributed by atoms with Gasteiger partial charge in [-0.2, -0.15) is 0 Å². The number of ketones is 1. The van der Waals surface area contributed by atoms with Crippen molar-refractivity contribution in [2.45, 2.75) is 116 Å². The van der Waals surface area contributed by atoms with Gasteiger partial charge in [0.1, 0.15) is 0 Å². The van der Waals surface area contributed by atoms with Crippen LogP contribution in [0.25, 0.3) is 0 Å². The minimum absolute atomic E-state index is 0.0765. The predicted molar refractivity (Wildman–Crippen MR) is 132 cm³/mol. The van der Waals surface area contributed by atoms with Gasteiger partial charge in [-0.05, 0) is 126 Å². The van der Waals surface area contributed by atoms with Gasteiger partial charge < -0.3 is 5.11 Å². The predicted octanol–water partition coefficient (Wildman–Crippen LogP) is 4.89. The molecule has 6 fully saturated rings. The Labute approximate surface area is 201 Å². The number of nitrogens with zero attached hydrogens (tertiary/aromatic N) is 2. The van der Waals surface area contributed by atoms with Crippen LogP contribution in [0.15, 0.2) is 0 Å². The first-order valence-electron chi connectivity index (χ1n) is 14.6. The zero-order valence-corrected chi connectivity index (χ0v) is 21.3. The second kappa shape index (κ2) is 8.59. The maximum absolute atomic E-state index is 13.8. The van der Waals surface area contributed by atoms with E-state index >= 15 is 0 Å². The molecule has 0 spiro atoms. The van der Waals surface area contributed by atoms with E-state index in [0.717, 1.165) is 44.2 Å². The van der Waals surface area contributed by atoms with Crippen LogP contribution in [0.4, 0.5) is 0 Å². The molecule has 9 atom stereocenters. The minimum atomic E-state index is -0.136. The Bertz CT molecular complexity index is 744. The summed E-state index contributed by atoms with van der Waals surface area (Å²) in [5.74, 6) is 3.34. The number of Topliss-reactive ketones (excluding diaryl/α,β-unsaturated/α-hetero) is 1. The molecule has 186 valence electrons. The summed E-state index contributed by atoms with van der Waals surface area (Å²) in [6.45, 7) is 9.62. The SMILES string of the molecule is C[C@]12C[C@H](N3CCCCC3)[C@H](O)C[C@@H]1CC[C@@H]1[C@@H]2CC[C@]2(C)C(=O)[C@@H](N3CCCCC3)C[C@@H]12. The van der Waals surface area contributed by atoms with E-state index < -0.39 is 0 Å². The van der Waals surface area contributed by atoms with Crippen LogP contribution >= 0.6 is 0 Å². The van der Waals surface area contributed by atoms with Crippen LogP contribution in [0, 0.1) is 34.5 Å². The average molecular weight is 457 g/mol. The van der Waals surface area contributed by atoms with E-state index in [1.54, 1.807) is 0 Å². The van der Waals surface area contributed by atoms with Crippen molar-refractivity contribution in [1.29, 1.82) is 0 Å². The highest BCUT2D eigenvalue weighted by atomic mass is 16.3. The lowest BCUT2D eigenvalue weighted by Gasteiger charge is -2.62. The number of hydrogen-bond acceptors (Lipinski definition) is 4. The fraction of sp³-hybridized carbons (Fsp3) is 0.966. The van der Waals surface area contributed by atoms with Crippen LogP contribution in [0.3, 0.4) is 0 Å². The van der Waals surface area contributed by atoms with Crippen molar-refractivity contribution in [2.24, 2.45) is 34.5 Å². The fourth-order valence-electron chi connectivity index (χ4n) is 10.2. The van der Waals surface area contributed by atoms with Crippen molar-refractivity contribution in [3.05, 3.63) is 0 Å². The minimum Gasteiger partial charge on any atom is -0.391 e. The number of aliphatic hydroxyl groups excluding tert-OH is 1. The quantitative estimate of drug-likeness (QED) is 0.643. The first-order valence-corrected chi connectivity index (χ1v) is 14.6. The first-order chi connectivity index (χ1) is 15.9. The Hall–Kier alpha value is -0.450. The number of carbonyl (C=O) groups is 1. The smallest absolute Gasteiger partial charge is 0.156 e. The molecule has 4 heteroatoms. The molecule has 0 unspecified atom stereocenters. The van der Waals surface area contributed by atoms with Crippen LogP contribution in [0.5, 0.6) is 0 Å². The van der Waals surface area contributed by atoms with E-state index in [-0.39, 0.29) is 17.6 Å². The summed E-state index contributed by atoms with van der Waals surface area (Å²) in [5.41, 5.74) is 0.269. The van der Waals surface area contributed by atoms with Gasteiger partial charge in [0.05, 0.1) is 12.1 Å². The molecule has 4 aliphatic carbocycles. The average Bonchev–Trinajstić information content (AvgIpc) is 3.11. The van der Waals surface area contributed by atoms with Gasteiger partial charge in [0.2, 0.25) is 0 Å². The molecule has 2 heterocycles. The Morgan fingerprint density at radius 2 is 1.48 bits per heavy atom. The van der Waals surface area contributed by atoms with Gasteiger partial charge in [0.25, 0.3) is 0 Å². The van der Waals surface area contributed by atoms with Crippen molar-refractivity contribution in [2.75, 3.05) is 26.2 Å². The van der Waals surface area contributed by atoms with E-state index in [1.807, 2.05) is 0 Å². The molecule has 2 saturated heterocycles. The number of likely N-dealkylation sites (tertiary alicyclic amines) is 2. The molecule has 0 aromatic rings. The highest BCUT2D eigenvalue weighted by molar-refractivity contribution is 5.92. The van der Waals surface area contributed by atoms with E-state index in [4.69, 9.17) is 0 Å². The summed E-state index contributed by atoms with van der Waals surface area (Å²) in [6.07, 6.45) is 16.0. The molecule has 4 nitrogen and oxygen atoms in total. The molecular weight excluding hydrogens is 408 g/mol. The standard InChI is InChI=1S/C29H48N2O2/c1-28-12-11-22-21(23(28)18-24(27(28)33)30-13-5-3-6-14-30)10-9-20-17-26(32)25(19-29(20,22)2)31-15-7-4-8-16-31/h20-26,32H,3-19H2,1-2H3/t20-,21+,22-,23-,24-,25-,26+,28-,29-/m0/s1. The summed E-state index contributed by atoms with van der Waals surface area (Å²) in [6, 6.07) is 0.573. The van der Waals surface area contributed by atoms with Gasteiger partial charge in [-0.25, -0.2) is 0 Å². The van der Waals surface area contributed by atoms with E-state index in [2.05, 4.69) is 23.6 Å². The summed E-state index contributed by atoms with van der Waals surface area (Å²) in [7, 11) is 0. The molecule has 1 N–H and O–H groups in total. The zero-order chi connectivity index (χ0) is 22.8. The molecule has 6 rings (SSSR count). The summed E-state index contributed by atoms with van der Waals surface area (Å²) in [5, 5.41) is 11.2. The zero-order valence-electron chi connectivity index (χ0n) is 21.3. The monoisotopic (exact) mass is 456 g/mol. The van der Waals surface area contributed by atoms with Crippen molar-refractivity contribution in [1.82, 2.24) is 9.80 Å². The van der Waals surface area contributed by atoms with Crippen molar-refractivity contribution in [3.63, 3.8) is 0 Å². The summed E-state index contributed by atoms with van der Waals surface area (Å²) >= 11 is 0. The number of piperidine rings is 2. The fourth-order valence-corrected chi connectivity index (χ4v) is 10.2. The van der Waals surface area contributed by atoms with Gasteiger partial charge in [-0.1, -0.05) is 26.7 Å². The van der Waals surface area contributed by atoms with E-state index in [9.17, 15) is 9.90 Å². The van der Waals surface area contributed by atoms with Crippen molar-refractivity contribution in [3.8, 4) is 0 Å². The van der Waals surface area contributed by atoms with Crippen LogP contribution in [0.1, 0.15) is 97.3 Å². The Balaban J connectivity index is 1.24. The van der Waals surface area contributed by atoms with Gasteiger partial charge in [0.15, 0.2) is 5.78 Å². The molecular formula is C29H48N2O2. The highest BCUT2D eigenvalue weighted by Gasteiger charge is 2.63. The Kier molecular flexibility index (Phi) is 5.98. The lowest BCUT2D eigenvalue weighted by atomic mass is 9.44. The maximum atomic E-state index is 13.8. The van der Waals surface area contributed by atoms with Gasteiger partial charge in [-0.3, -0.25) is 14.6 Å². The molecule has 0 aromatic carbocycles.